The van der Waals surface area contributed by atoms with Crippen LogP contribution in [0.4, 0.5) is 4.79 Å². The average Bonchev–Trinajstić information content (AvgIpc) is 3.97. The molecule has 5 aromatic rings. The number of imidazole rings is 2. The number of primary amides is 1. The molecule has 2 aromatic heterocycles. The number of urea groups is 1. The molecule has 0 spiro atoms. The van der Waals surface area contributed by atoms with Crippen LogP contribution >= 0.6 is 0 Å². The van der Waals surface area contributed by atoms with Gasteiger partial charge in [0.05, 0.1) is 25.6 Å². The number of nitrogens with two attached hydrogens (primary N) is 1. The largest absolute Gasteiger partial charge is 0.383 e. The van der Waals surface area contributed by atoms with Gasteiger partial charge in [-0.1, -0.05) is 123 Å². The summed E-state index contributed by atoms with van der Waals surface area (Å²) in [7, 11) is 0. The molecule has 0 unspecified atom stereocenters. The van der Waals surface area contributed by atoms with Gasteiger partial charge in [0.2, 0.25) is 11.8 Å². The lowest BCUT2D eigenvalue weighted by molar-refractivity contribution is -0.152. The number of hydrogen-bond acceptors (Lipinski definition) is 8. The van der Waals surface area contributed by atoms with Gasteiger partial charge in [-0.15, -0.1) is 0 Å². The van der Waals surface area contributed by atoms with Gasteiger partial charge >= 0.3 is 6.03 Å². The van der Waals surface area contributed by atoms with E-state index in [1.54, 1.807) is 23.2 Å². The Hall–Kier alpha value is -5.83. The van der Waals surface area contributed by atoms with E-state index in [9.17, 15) is 9.90 Å². The van der Waals surface area contributed by atoms with E-state index < -0.39 is 47.6 Å². The van der Waals surface area contributed by atoms with E-state index in [1.807, 2.05) is 112 Å². The molecule has 4 atom stereocenters. The summed E-state index contributed by atoms with van der Waals surface area (Å²) in [5.41, 5.74) is 8.66. The van der Waals surface area contributed by atoms with Gasteiger partial charge in [-0.3, -0.25) is 9.59 Å². The molecule has 1 aliphatic rings. The van der Waals surface area contributed by atoms with Crippen LogP contribution < -0.4 is 11.1 Å². The Morgan fingerprint density at radius 1 is 0.871 bits per heavy atom. The summed E-state index contributed by atoms with van der Waals surface area (Å²) in [5.74, 6) is -0.861. The molecule has 1 saturated carbocycles. The fourth-order valence-electron chi connectivity index (χ4n) is 8.22. The number of ether oxygens (including phenoxy) is 2. The lowest BCUT2D eigenvalue weighted by atomic mass is 9.82. The fraction of sp³-hybridized carbons (Fsp3) is 0.438. The lowest BCUT2D eigenvalue weighted by Crippen LogP contribution is -2.64. The highest BCUT2D eigenvalue weighted by Gasteiger charge is 2.45. The quantitative estimate of drug-likeness (QED) is 0.0591. The van der Waals surface area contributed by atoms with Crippen molar-refractivity contribution < 1.29 is 29.0 Å². The first-order valence-corrected chi connectivity index (χ1v) is 21.6. The Bertz CT molecular complexity index is 2100. The summed E-state index contributed by atoms with van der Waals surface area (Å²) < 4.78 is 14.1. The standard InChI is InChI=1S/C48H62N8O6/c1-48(2,3)53-47(60)56(40(26-35-16-8-4-9-17-35)43(57)45-51-24-25-54(45)33-61-30-37-20-12-6-13-21-37)42(27-36-18-10-5-11-19-36)46(59)55(34-62-31-38-22-14-7-15-23-38)41(44(49)58)28-39-29-50-32-52-39/h5-7,10-15,18-25,29,32,35,40-43,57H,4,8-9,16-17,26-28,30-31,33-34H2,1-3H3,(H2,49,58)(H,50,52)(H,53,60)/t40-,41-,42-,43+/m0/s1. The van der Waals surface area contributed by atoms with Gasteiger partial charge in [-0.25, -0.2) is 14.8 Å². The topological polar surface area (TPSA) is 181 Å². The minimum Gasteiger partial charge on any atom is -0.383 e. The Morgan fingerprint density at radius 2 is 1.48 bits per heavy atom. The first-order valence-electron chi connectivity index (χ1n) is 21.6. The lowest BCUT2D eigenvalue weighted by Gasteiger charge is -2.44. The zero-order chi connectivity index (χ0) is 43.9. The number of aliphatic hydroxyl groups excluding tert-OH is 1. The summed E-state index contributed by atoms with van der Waals surface area (Å²) in [4.78, 5) is 59.2. The summed E-state index contributed by atoms with van der Waals surface area (Å²) in [6.45, 7) is 5.89. The minimum atomic E-state index is -1.34. The van der Waals surface area contributed by atoms with Crippen molar-refractivity contribution in [1.82, 2.24) is 34.6 Å². The molecule has 5 N–H and O–H groups in total. The van der Waals surface area contributed by atoms with E-state index in [0.29, 0.717) is 24.5 Å². The maximum atomic E-state index is 15.8. The fourth-order valence-corrected chi connectivity index (χ4v) is 8.22. The number of aliphatic hydroxyl groups is 1. The Balaban J connectivity index is 1.45. The summed E-state index contributed by atoms with van der Waals surface area (Å²) >= 11 is 0. The number of hydrogen-bond donors (Lipinski definition) is 4. The number of H-pyrrole nitrogens is 1. The van der Waals surface area contributed by atoms with Crippen LogP contribution in [0.25, 0.3) is 0 Å². The van der Waals surface area contributed by atoms with Crippen LogP contribution in [0.1, 0.15) is 93.6 Å². The Morgan fingerprint density at radius 3 is 2.06 bits per heavy atom. The first-order chi connectivity index (χ1) is 30.0. The monoisotopic (exact) mass is 846 g/mol. The minimum absolute atomic E-state index is 0.0244. The average molecular weight is 847 g/mol. The predicted molar refractivity (Wildman–Crippen MR) is 236 cm³/mol. The summed E-state index contributed by atoms with van der Waals surface area (Å²) in [6.07, 6.45) is 10.5. The molecule has 62 heavy (non-hydrogen) atoms. The third kappa shape index (κ3) is 13.1. The van der Waals surface area contributed by atoms with Crippen molar-refractivity contribution in [2.75, 3.05) is 6.73 Å². The molecule has 0 radical (unpaired) electrons. The summed E-state index contributed by atoms with van der Waals surface area (Å²) in [5, 5.41) is 15.9. The second kappa shape index (κ2) is 22.3. The molecule has 330 valence electrons. The number of carbonyl (C=O) groups is 3. The number of aromatic nitrogens is 4. The van der Waals surface area contributed by atoms with E-state index in [4.69, 9.17) is 15.2 Å². The van der Waals surface area contributed by atoms with Crippen LogP contribution in [0.2, 0.25) is 0 Å². The molecule has 6 rings (SSSR count). The first kappa shape index (κ1) is 45.7. The molecule has 2 heterocycles. The van der Waals surface area contributed by atoms with E-state index >= 15 is 9.59 Å². The highest BCUT2D eigenvalue weighted by atomic mass is 16.5. The van der Waals surface area contributed by atoms with E-state index in [0.717, 1.165) is 48.8 Å². The highest BCUT2D eigenvalue weighted by molar-refractivity contribution is 5.92. The van der Waals surface area contributed by atoms with E-state index in [1.165, 1.54) is 16.1 Å². The molecular weight excluding hydrogens is 785 g/mol. The second-order valence-corrected chi connectivity index (χ2v) is 17.2. The van der Waals surface area contributed by atoms with Crippen LogP contribution in [-0.2, 0) is 51.8 Å². The van der Waals surface area contributed by atoms with Gasteiger partial charge in [0.25, 0.3) is 0 Å². The third-order valence-corrected chi connectivity index (χ3v) is 11.3. The number of amides is 4. The van der Waals surface area contributed by atoms with Crippen molar-refractivity contribution in [2.45, 2.75) is 122 Å². The SMILES string of the molecule is CC(C)(C)NC(=O)N([C@@H](Cc1ccccc1)C(=O)N(COCc1ccccc1)[C@@H](Cc1cnc[nH]1)C(N)=O)[C@@H](CC1CCCCC1)[C@@H](O)c1nccn1COCc1ccccc1. The van der Waals surface area contributed by atoms with Gasteiger partial charge in [0.15, 0.2) is 0 Å². The maximum Gasteiger partial charge on any atom is 0.318 e. The molecule has 14 heteroatoms. The molecule has 0 aliphatic heterocycles. The third-order valence-electron chi connectivity index (χ3n) is 11.3. The van der Waals surface area contributed by atoms with E-state index in [2.05, 4.69) is 20.3 Å². The Labute approximate surface area is 364 Å². The zero-order valence-corrected chi connectivity index (χ0v) is 36.1. The van der Waals surface area contributed by atoms with Crippen LogP contribution in [0.3, 0.4) is 0 Å². The maximum absolute atomic E-state index is 15.8. The van der Waals surface area contributed by atoms with Crippen molar-refractivity contribution in [3.8, 4) is 0 Å². The summed E-state index contributed by atoms with van der Waals surface area (Å²) in [6, 6.07) is 24.8. The normalized spacial score (nSPS) is 15.3. The number of benzene rings is 3. The number of rotatable bonds is 21. The zero-order valence-electron chi connectivity index (χ0n) is 36.1. The number of nitrogens with one attached hydrogen (secondary N) is 2. The van der Waals surface area contributed by atoms with Gasteiger partial charge in [0, 0.05) is 42.7 Å². The molecular formula is C48H62N8O6. The van der Waals surface area contributed by atoms with E-state index in [-0.39, 0.29) is 38.8 Å². The number of aromatic amines is 1. The molecule has 14 nitrogen and oxygen atoms in total. The molecule has 0 saturated heterocycles. The van der Waals surface area contributed by atoms with Crippen LogP contribution in [0.15, 0.2) is 116 Å². The van der Waals surface area contributed by atoms with Gasteiger partial charge in [-0.2, -0.15) is 0 Å². The van der Waals surface area contributed by atoms with Crippen molar-refractivity contribution in [3.05, 3.63) is 144 Å². The van der Waals surface area contributed by atoms with Crippen molar-refractivity contribution in [1.29, 1.82) is 0 Å². The van der Waals surface area contributed by atoms with Crippen LogP contribution in [0.5, 0.6) is 0 Å². The predicted octanol–water partition coefficient (Wildman–Crippen LogP) is 6.67. The van der Waals surface area contributed by atoms with Crippen molar-refractivity contribution in [2.24, 2.45) is 11.7 Å². The van der Waals surface area contributed by atoms with Gasteiger partial charge < -0.3 is 45.0 Å². The van der Waals surface area contributed by atoms with Gasteiger partial charge in [-0.05, 0) is 49.8 Å². The van der Waals surface area contributed by atoms with Crippen molar-refractivity contribution >= 4 is 17.8 Å². The van der Waals surface area contributed by atoms with Crippen molar-refractivity contribution in [3.63, 3.8) is 0 Å². The number of carbonyl (C=O) groups excluding carboxylic acids is 3. The molecule has 4 amide bonds. The smallest absolute Gasteiger partial charge is 0.318 e. The van der Waals surface area contributed by atoms with Gasteiger partial charge in [0.1, 0.15) is 37.5 Å². The highest BCUT2D eigenvalue weighted by Crippen LogP contribution is 2.35. The molecule has 3 aromatic carbocycles. The number of nitrogens with zero attached hydrogens (tertiary/aromatic N) is 5. The molecule has 1 fully saturated rings. The molecule has 1 aliphatic carbocycles. The Kier molecular flexibility index (Phi) is 16.4. The second-order valence-electron chi connectivity index (χ2n) is 17.2. The van der Waals surface area contributed by atoms with Crippen LogP contribution in [0, 0.1) is 5.92 Å². The van der Waals surface area contributed by atoms with Crippen LogP contribution in [-0.4, -0.2) is 82.7 Å². The molecule has 0 bridgehead atoms.